The number of likely N-dealkylation sites (N-methyl/N-ethyl adjacent to an activating group) is 1. The maximum atomic E-state index is 12.1. The van der Waals surface area contributed by atoms with E-state index in [0.29, 0.717) is 11.3 Å². The zero-order valence-electron chi connectivity index (χ0n) is 11.3. The zero-order chi connectivity index (χ0) is 14.4. The molecule has 2 N–H and O–H groups in total. The molecule has 1 aromatic carbocycles. The van der Waals surface area contributed by atoms with Crippen molar-refractivity contribution in [1.82, 2.24) is 5.32 Å². The molecule has 0 radical (unpaired) electrons. The Hall–Kier alpha value is -1.88. The number of ether oxygens (including phenoxy) is 1. The summed E-state index contributed by atoms with van der Waals surface area (Å²) in [6.45, 7) is 3.84. The lowest BCUT2D eigenvalue weighted by Gasteiger charge is -2.13. The van der Waals surface area contributed by atoms with Crippen LogP contribution in [0.1, 0.15) is 30.6 Å². The van der Waals surface area contributed by atoms with Crippen LogP contribution >= 0.6 is 0 Å². The van der Waals surface area contributed by atoms with Crippen LogP contribution in [0.3, 0.4) is 0 Å². The van der Waals surface area contributed by atoms with Gasteiger partial charge in [0.05, 0.1) is 18.6 Å². The van der Waals surface area contributed by atoms with Gasteiger partial charge in [0.1, 0.15) is 5.75 Å². The van der Waals surface area contributed by atoms with Crippen molar-refractivity contribution in [3.05, 3.63) is 29.8 Å². The third-order valence-corrected chi connectivity index (χ3v) is 2.55. The number of rotatable bonds is 7. The Labute approximate surface area is 112 Å². The highest BCUT2D eigenvalue weighted by atomic mass is 16.5. The summed E-state index contributed by atoms with van der Waals surface area (Å²) in [5.41, 5.74) is 0.469. The lowest BCUT2D eigenvalue weighted by atomic mass is 10.0. The highest BCUT2D eigenvalue weighted by Crippen LogP contribution is 2.15. The van der Waals surface area contributed by atoms with E-state index in [1.165, 1.54) is 0 Å². The molecule has 0 spiro atoms. The molecule has 0 heterocycles. The highest BCUT2D eigenvalue weighted by Gasteiger charge is 2.21. The van der Waals surface area contributed by atoms with Crippen LogP contribution in [-0.2, 0) is 4.79 Å². The molecule has 1 aromatic rings. The fourth-order valence-corrected chi connectivity index (χ4v) is 1.67. The zero-order valence-corrected chi connectivity index (χ0v) is 11.3. The van der Waals surface area contributed by atoms with E-state index < -0.39 is 12.0 Å². The molecule has 104 valence electrons. The highest BCUT2D eigenvalue weighted by molar-refractivity contribution is 6.01. The number of benzene rings is 1. The molecule has 0 aliphatic carbocycles. The largest absolute Gasteiger partial charge is 0.491 e. The average Bonchev–Trinajstić information content (AvgIpc) is 2.35. The smallest absolute Gasteiger partial charge is 0.305 e. The van der Waals surface area contributed by atoms with Crippen LogP contribution in [-0.4, -0.2) is 36.1 Å². The number of carboxylic acids is 1. The third-order valence-electron chi connectivity index (χ3n) is 2.55. The molecule has 0 aliphatic heterocycles. The number of hydrogen-bond acceptors (Lipinski definition) is 4. The topological polar surface area (TPSA) is 75.6 Å². The molecule has 5 nitrogen and oxygen atoms in total. The molecule has 0 amide bonds. The second kappa shape index (κ2) is 6.89. The Morgan fingerprint density at radius 3 is 2.26 bits per heavy atom. The number of carboxylic acid groups (broad SMARTS) is 1. The SMILES string of the molecule is CNC(CC(=O)O)C(=O)c1ccc(OC(C)C)cc1. The Morgan fingerprint density at radius 2 is 1.84 bits per heavy atom. The van der Waals surface area contributed by atoms with E-state index in [-0.39, 0.29) is 18.3 Å². The Bertz CT molecular complexity index is 439. The maximum absolute atomic E-state index is 12.1. The van der Waals surface area contributed by atoms with E-state index in [1.807, 2.05) is 13.8 Å². The number of ketones is 1. The molecule has 5 heteroatoms. The number of aliphatic carboxylic acids is 1. The predicted octanol–water partition coefficient (Wildman–Crippen LogP) is 1.72. The number of hydrogen-bond donors (Lipinski definition) is 2. The summed E-state index contributed by atoms with van der Waals surface area (Å²) in [4.78, 5) is 22.7. The van der Waals surface area contributed by atoms with Crippen LogP contribution in [0.15, 0.2) is 24.3 Å². The molecule has 1 unspecified atom stereocenters. The van der Waals surface area contributed by atoms with Crippen LogP contribution in [0.5, 0.6) is 5.75 Å². The lowest BCUT2D eigenvalue weighted by Crippen LogP contribution is -2.36. The van der Waals surface area contributed by atoms with Crippen LogP contribution < -0.4 is 10.1 Å². The molecule has 0 fully saturated rings. The molecule has 19 heavy (non-hydrogen) atoms. The molecular weight excluding hydrogens is 246 g/mol. The number of Topliss-reactive ketones (excluding diaryl/α,β-unsaturated/α-hetero) is 1. The van der Waals surface area contributed by atoms with Gasteiger partial charge in [0.2, 0.25) is 0 Å². The summed E-state index contributed by atoms with van der Waals surface area (Å²) in [5, 5.41) is 11.5. The molecule has 1 rings (SSSR count). The molecule has 0 saturated carbocycles. The van der Waals surface area contributed by atoms with Crippen molar-refractivity contribution in [2.75, 3.05) is 7.05 Å². The Balaban J connectivity index is 2.78. The summed E-state index contributed by atoms with van der Waals surface area (Å²) in [7, 11) is 1.57. The van der Waals surface area contributed by atoms with Gasteiger partial charge in [-0.1, -0.05) is 0 Å². The molecule has 0 aromatic heterocycles. The van der Waals surface area contributed by atoms with Gasteiger partial charge in [-0.25, -0.2) is 0 Å². The first-order chi connectivity index (χ1) is 8.93. The van der Waals surface area contributed by atoms with Crippen molar-refractivity contribution >= 4 is 11.8 Å². The molecular formula is C14H19NO4. The average molecular weight is 265 g/mol. The first kappa shape index (κ1) is 15.2. The first-order valence-corrected chi connectivity index (χ1v) is 6.14. The van der Waals surface area contributed by atoms with E-state index in [4.69, 9.17) is 9.84 Å². The van der Waals surface area contributed by atoms with E-state index in [0.717, 1.165) is 0 Å². The van der Waals surface area contributed by atoms with Crippen molar-refractivity contribution in [2.24, 2.45) is 0 Å². The van der Waals surface area contributed by atoms with Crippen LogP contribution in [0.25, 0.3) is 0 Å². The number of carbonyl (C=O) groups excluding carboxylic acids is 1. The van der Waals surface area contributed by atoms with Gasteiger partial charge in [0, 0.05) is 5.56 Å². The fraction of sp³-hybridized carbons (Fsp3) is 0.429. The fourth-order valence-electron chi connectivity index (χ4n) is 1.67. The summed E-state index contributed by atoms with van der Waals surface area (Å²) >= 11 is 0. The third kappa shape index (κ3) is 4.71. The van der Waals surface area contributed by atoms with Crippen molar-refractivity contribution in [3.63, 3.8) is 0 Å². The predicted molar refractivity (Wildman–Crippen MR) is 71.6 cm³/mol. The lowest BCUT2D eigenvalue weighted by molar-refractivity contribution is -0.137. The summed E-state index contributed by atoms with van der Waals surface area (Å²) < 4.78 is 5.48. The molecule has 0 bridgehead atoms. The Morgan fingerprint density at radius 1 is 1.26 bits per heavy atom. The van der Waals surface area contributed by atoms with Gasteiger partial charge < -0.3 is 15.2 Å². The summed E-state index contributed by atoms with van der Waals surface area (Å²) in [5.74, 6) is -0.556. The Kier molecular flexibility index (Phi) is 5.51. The minimum atomic E-state index is -1.01. The van der Waals surface area contributed by atoms with Crippen molar-refractivity contribution in [3.8, 4) is 5.75 Å². The normalized spacial score (nSPS) is 12.2. The summed E-state index contributed by atoms with van der Waals surface area (Å²) in [6.07, 6.45) is -0.168. The van der Waals surface area contributed by atoms with Crippen LogP contribution in [0.2, 0.25) is 0 Å². The minimum Gasteiger partial charge on any atom is -0.491 e. The molecule has 1 atom stereocenters. The van der Waals surface area contributed by atoms with E-state index in [1.54, 1.807) is 31.3 Å². The van der Waals surface area contributed by atoms with Crippen LogP contribution in [0.4, 0.5) is 0 Å². The number of nitrogens with one attached hydrogen (secondary N) is 1. The van der Waals surface area contributed by atoms with Crippen molar-refractivity contribution in [2.45, 2.75) is 32.4 Å². The van der Waals surface area contributed by atoms with Gasteiger partial charge in [-0.2, -0.15) is 0 Å². The second-order valence-electron chi connectivity index (χ2n) is 4.49. The van der Waals surface area contributed by atoms with Gasteiger partial charge >= 0.3 is 5.97 Å². The van der Waals surface area contributed by atoms with E-state index in [9.17, 15) is 9.59 Å². The summed E-state index contributed by atoms with van der Waals surface area (Å²) in [6, 6.07) is 5.99. The van der Waals surface area contributed by atoms with E-state index in [2.05, 4.69) is 5.32 Å². The molecule has 0 aliphatic rings. The monoisotopic (exact) mass is 265 g/mol. The minimum absolute atomic E-state index is 0.0682. The van der Waals surface area contributed by atoms with Crippen molar-refractivity contribution < 1.29 is 19.4 Å². The van der Waals surface area contributed by atoms with Gasteiger partial charge in [-0.05, 0) is 45.2 Å². The number of carbonyl (C=O) groups is 2. The molecule has 0 saturated heterocycles. The quantitative estimate of drug-likeness (QED) is 0.734. The van der Waals surface area contributed by atoms with Crippen molar-refractivity contribution in [1.29, 1.82) is 0 Å². The standard InChI is InChI=1S/C14H19NO4/c1-9(2)19-11-6-4-10(5-7-11)14(18)12(15-3)8-13(16)17/h4-7,9,12,15H,8H2,1-3H3,(H,16,17). The van der Waals surface area contributed by atoms with Crippen LogP contribution in [0, 0.1) is 0 Å². The van der Waals surface area contributed by atoms with Gasteiger partial charge in [0.15, 0.2) is 5.78 Å². The van der Waals surface area contributed by atoms with Gasteiger partial charge in [0.25, 0.3) is 0 Å². The van der Waals surface area contributed by atoms with Gasteiger partial charge in [-0.15, -0.1) is 0 Å². The second-order valence-corrected chi connectivity index (χ2v) is 4.49. The first-order valence-electron chi connectivity index (χ1n) is 6.14. The maximum Gasteiger partial charge on any atom is 0.305 e. The van der Waals surface area contributed by atoms with Gasteiger partial charge in [-0.3, -0.25) is 9.59 Å². The van der Waals surface area contributed by atoms with E-state index >= 15 is 0 Å².